The van der Waals surface area contributed by atoms with E-state index in [4.69, 9.17) is 19.9 Å². The van der Waals surface area contributed by atoms with Gasteiger partial charge < -0.3 is 99.3 Å². The summed E-state index contributed by atoms with van der Waals surface area (Å²) in [6.45, 7) is 33.2. The molecule has 1 heterocycles. The van der Waals surface area contributed by atoms with Crippen LogP contribution in [0.4, 0.5) is 14.4 Å². The Morgan fingerprint density at radius 1 is 0.420 bits per heavy atom. The van der Waals surface area contributed by atoms with Crippen LogP contribution in [0.25, 0.3) is 0 Å². The maximum absolute atomic E-state index is 15.0. The van der Waals surface area contributed by atoms with Gasteiger partial charge in [0.25, 0.3) is 0 Å². The predicted molar refractivity (Wildman–Crippen MR) is 451 cm³/mol. The Morgan fingerprint density at radius 3 is 1.19 bits per heavy atom. The van der Waals surface area contributed by atoms with Crippen molar-refractivity contribution in [2.45, 2.75) is 311 Å². The molecule has 0 spiro atoms. The van der Waals surface area contributed by atoms with Crippen molar-refractivity contribution in [2.24, 2.45) is 35.3 Å². The van der Waals surface area contributed by atoms with Crippen LogP contribution in [0.15, 0.2) is 60.7 Å². The van der Waals surface area contributed by atoms with E-state index in [1.54, 1.807) is 178 Å². The van der Waals surface area contributed by atoms with Gasteiger partial charge in [-0.15, -0.1) is 0 Å². The molecule has 0 radical (unpaired) electrons. The van der Waals surface area contributed by atoms with Gasteiger partial charge in [0.1, 0.15) is 89.3 Å². The van der Waals surface area contributed by atoms with Gasteiger partial charge in [-0.05, 0) is 187 Å². The topological polar surface area (TPSA) is 481 Å². The Balaban J connectivity index is 2.28. The average molecular weight is 1670 g/mol. The van der Waals surface area contributed by atoms with Crippen LogP contribution in [-0.4, -0.2) is 217 Å². The highest BCUT2D eigenvalue weighted by Gasteiger charge is 2.40. The number of carbonyl (C=O) groups is 15. The zero-order valence-corrected chi connectivity index (χ0v) is 74.0. The lowest BCUT2D eigenvalue weighted by atomic mass is 9.98. The maximum atomic E-state index is 15.0. The van der Waals surface area contributed by atoms with Gasteiger partial charge >= 0.3 is 18.3 Å². The van der Waals surface area contributed by atoms with Crippen molar-refractivity contribution in [3.8, 4) is 0 Å². The Bertz CT molecular complexity index is 3650. The van der Waals surface area contributed by atoms with Crippen LogP contribution >= 0.6 is 0 Å². The molecule has 34 nitrogen and oxygen atoms in total. The monoisotopic (exact) mass is 1670 g/mol. The predicted octanol–water partition coefficient (Wildman–Crippen LogP) is 4.77. The Labute approximate surface area is 703 Å². The molecule has 0 aliphatic carbocycles. The first-order valence-electron chi connectivity index (χ1n) is 41.8. The lowest BCUT2D eigenvalue weighted by Gasteiger charge is -2.33. The number of rotatable bonds is 21. The Kier molecular flexibility index (Phi) is 43.3. The van der Waals surface area contributed by atoms with E-state index < -0.39 is 202 Å². The molecule has 1 saturated heterocycles. The molecule has 668 valence electrons. The van der Waals surface area contributed by atoms with Gasteiger partial charge in [-0.2, -0.15) is 0 Å². The maximum Gasteiger partial charge on any atom is 0.408 e. The van der Waals surface area contributed by atoms with E-state index in [2.05, 4.69) is 74.4 Å². The van der Waals surface area contributed by atoms with Gasteiger partial charge in [-0.3, -0.25) is 57.5 Å². The first-order valence-corrected chi connectivity index (χ1v) is 41.8. The van der Waals surface area contributed by atoms with E-state index in [-0.39, 0.29) is 96.3 Å². The second-order valence-corrected chi connectivity index (χ2v) is 35.3. The van der Waals surface area contributed by atoms with Gasteiger partial charge in [0.05, 0.1) is 0 Å². The fourth-order valence-electron chi connectivity index (χ4n) is 12.6. The fourth-order valence-corrected chi connectivity index (χ4v) is 12.6. The first kappa shape index (κ1) is 103. The van der Waals surface area contributed by atoms with Crippen molar-refractivity contribution in [3.05, 3.63) is 71.8 Å². The van der Waals surface area contributed by atoms with Gasteiger partial charge in [0.15, 0.2) is 0 Å². The molecular formula is C85H140N16O18. The molecular weight excluding hydrogens is 1530 g/mol. The summed E-state index contributed by atoms with van der Waals surface area (Å²) < 4.78 is 16.5. The third-order valence-electron chi connectivity index (χ3n) is 19.2. The molecule has 0 unspecified atom stereocenters. The van der Waals surface area contributed by atoms with Gasteiger partial charge in [-0.25, -0.2) is 14.4 Å². The van der Waals surface area contributed by atoms with Crippen LogP contribution in [0.3, 0.4) is 0 Å². The van der Waals surface area contributed by atoms with Gasteiger partial charge in [-0.1, -0.05) is 130 Å². The van der Waals surface area contributed by atoms with Crippen LogP contribution in [0.2, 0.25) is 0 Å². The molecule has 2 aromatic rings. The smallest absolute Gasteiger partial charge is 0.408 e. The Morgan fingerprint density at radius 2 is 0.756 bits per heavy atom. The third kappa shape index (κ3) is 39.1. The minimum absolute atomic E-state index is 0.00497. The zero-order chi connectivity index (χ0) is 89.8. The first-order chi connectivity index (χ1) is 55.5. The van der Waals surface area contributed by atoms with Crippen LogP contribution in [0.5, 0.6) is 0 Å². The summed E-state index contributed by atoms with van der Waals surface area (Å²) in [4.78, 5) is 217. The van der Waals surface area contributed by atoms with E-state index in [1.165, 1.54) is 14.0 Å². The number of hydrogen-bond acceptors (Lipinski definition) is 19. The summed E-state index contributed by atoms with van der Waals surface area (Å²) in [5, 5.41) is 38.7. The molecule has 3 rings (SSSR count). The minimum atomic E-state index is -1.41. The molecule has 1 fully saturated rings. The molecule has 15 amide bonds. The number of nitrogens with two attached hydrogens (primary N) is 1. The van der Waals surface area contributed by atoms with Crippen molar-refractivity contribution >= 4 is 89.2 Å². The Hall–Kier alpha value is -10.2. The van der Waals surface area contributed by atoms with Crippen LogP contribution in [0.1, 0.15) is 220 Å². The second kappa shape index (κ2) is 50.0. The molecule has 1 aliphatic heterocycles. The van der Waals surface area contributed by atoms with E-state index in [0.29, 0.717) is 30.4 Å². The van der Waals surface area contributed by atoms with E-state index in [0.717, 1.165) is 4.90 Å². The number of unbranched alkanes of at least 4 members (excludes halogenated alkanes) is 2. The lowest BCUT2D eigenvalue weighted by Crippen LogP contribution is -2.61. The average Bonchev–Trinajstić information content (AvgIpc) is 0.836. The molecule has 119 heavy (non-hydrogen) atoms. The molecule has 2 aromatic carbocycles. The van der Waals surface area contributed by atoms with Crippen molar-refractivity contribution in [1.29, 1.82) is 0 Å². The van der Waals surface area contributed by atoms with Crippen molar-refractivity contribution in [2.75, 3.05) is 33.2 Å². The molecule has 1 aliphatic rings. The minimum Gasteiger partial charge on any atom is -0.444 e. The number of nitrogens with one attached hydrogen (secondary N) is 14. The number of carbonyl (C=O) groups excluding carboxylic acids is 15. The SMILES string of the molecule is CC(C)C[C@@H]1NC(=O)[C@H](CCCCN)NC(=O)[C@@H](NC(=O)OC(C)(C)C)CCCNC(=O)[C@H](CCCCNC(=O)OC(C)(C)C)NC(=O)[C@H](C(C)C)NC(=O)[C@H](C(C)C)NC(=O)[C@H](C)N(C)C(=O)[C@H](C(C)C)NC(=O)[C@@H](NC(=O)OC(C)(C)C)CCCNC(=O)[C@H](Cc2ccccc2)NC(=O)[C@H](Cc2ccccc2)NC(=O)[C@H](C(C)C)NC1=O. The number of ether oxygens (including phenoxy) is 3. The highest BCUT2D eigenvalue weighted by molar-refractivity contribution is 5.99. The van der Waals surface area contributed by atoms with E-state index in [1.807, 2.05) is 13.8 Å². The van der Waals surface area contributed by atoms with Crippen LogP contribution in [-0.2, 0) is 84.6 Å². The number of benzene rings is 2. The van der Waals surface area contributed by atoms with Gasteiger partial charge in [0, 0.05) is 39.5 Å². The lowest BCUT2D eigenvalue weighted by molar-refractivity contribution is -0.143. The third-order valence-corrected chi connectivity index (χ3v) is 19.2. The number of likely N-dealkylation sites (N-methyl/N-ethyl adjacent to an activating group) is 1. The molecule has 34 heteroatoms. The molecule has 0 aromatic heterocycles. The highest BCUT2D eigenvalue weighted by Crippen LogP contribution is 2.19. The number of amides is 15. The summed E-state index contributed by atoms with van der Waals surface area (Å²) in [6.07, 6.45) is -1.70. The van der Waals surface area contributed by atoms with Crippen LogP contribution < -0.4 is 80.2 Å². The quantitative estimate of drug-likeness (QED) is 0.0591. The standard InChI is InChI=1S/C85H140N16O18/c1-49(2)46-61-75(109)98-64(50(3)4)77(111)94-63(48-56-36-26-23-27-37-56)74(108)93-62(47-55-34-24-22-25-35-55)70(104)88-45-33-41-60(96-82(116)119-85(18,19)20)73(107)100-67(53(9)10)79(113)101(21)54(11)68(102)97-66(52(7)8)78(112)99-65(51(5)6)76(110)91-57(39-29-31-43-89-80(114)117-83(12,13)14)69(103)87-44-32-40-59(95-81(115)118-84(15,16)17)72(106)90-58(71(105)92-61)38-28-30-42-86/h22-27,34-37,49-54,57-67H,28-33,38-48,86H2,1-21H3,(H,87,103)(H,88,104)(H,89,114)(H,90,106)(H,91,110)(H,92,105)(H,93,108)(H,94,111)(H,95,115)(H,96,116)(H,97,102)(H,98,109)(H,99,112)(H,100,107)/t54-,57-,58-,59-,60-,61-,62-,63-,64-,65-,66-,67-/m0/s1. The summed E-state index contributed by atoms with van der Waals surface area (Å²) in [5.41, 5.74) is 4.35. The van der Waals surface area contributed by atoms with Crippen molar-refractivity contribution in [3.63, 3.8) is 0 Å². The molecule has 0 bridgehead atoms. The largest absolute Gasteiger partial charge is 0.444 e. The number of hydrogen-bond donors (Lipinski definition) is 15. The van der Waals surface area contributed by atoms with E-state index in [9.17, 15) is 71.9 Å². The highest BCUT2D eigenvalue weighted by atomic mass is 16.6. The molecule has 12 atom stereocenters. The van der Waals surface area contributed by atoms with Crippen molar-refractivity contribution in [1.82, 2.24) is 79.3 Å². The van der Waals surface area contributed by atoms with Crippen LogP contribution in [0, 0.1) is 29.6 Å². The fraction of sp³-hybridized carbons (Fsp3) is 0.682. The van der Waals surface area contributed by atoms with Gasteiger partial charge in [0.2, 0.25) is 70.9 Å². The summed E-state index contributed by atoms with van der Waals surface area (Å²) in [6, 6.07) is 1.57. The van der Waals surface area contributed by atoms with Crippen molar-refractivity contribution < 1.29 is 86.1 Å². The molecule has 0 saturated carbocycles. The summed E-state index contributed by atoms with van der Waals surface area (Å²) in [5.74, 6) is -12.0. The second-order valence-electron chi connectivity index (χ2n) is 35.3. The summed E-state index contributed by atoms with van der Waals surface area (Å²) in [7, 11) is 1.34. The zero-order valence-electron chi connectivity index (χ0n) is 74.0. The number of alkyl carbamates (subject to hydrolysis) is 3. The molecule has 16 N–H and O–H groups in total. The summed E-state index contributed by atoms with van der Waals surface area (Å²) >= 11 is 0. The normalized spacial score (nSPS) is 23.6. The van der Waals surface area contributed by atoms with E-state index >= 15 is 0 Å². The number of nitrogens with zero attached hydrogens (tertiary/aromatic N) is 1.